The smallest absolute Gasteiger partial charge is 0.254 e. The molecule has 6 heteroatoms. The van der Waals surface area contributed by atoms with Crippen LogP contribution in [0.15, 0.2) is 53.8 Å². The summed E-state index contributed by atoms with van der Waals surface area (Å²) in [7, 11) is 0. The van der Waals surface area contributed by atoms with Gasteiger partial charge in [-0.25, -0.2) is 0 Å². The molecule has 3 heterocycles. The fourth-order valence-electron chi connectivity index (χ4n) is 4.06. The Balaban J connectivity index is 1.63. The second-order valence-corrected chi connectivity index (χ2v) is 7.17. The fourth-order valence-corrected chi connectivity index (χ4v) is 4.06. The van der Waals surface area contributed by atoms with E-state index in [2.05, 4.69) is 45.6 Å². The molecule has 0 amide bonds. The van der Waals surface area contributed by atoms with Crippen LogP contribution in [0.2, 0.25) is 0 Å². The van der Waals surface area contributed by atoms with Crippen LogP contribution in [-0.4, -0.2) is 48.9 Å². The minimum atomic E-state index is -0.109. The van der Waals surface area contributed by atoms with E-state index in [4.69, 9.17) is 9.72 Å². The molecule has 2 fully saturated rings. The van der Waals surface area contributed by atoms with Gasteiger partial charge in [0.05, 0.1) is 13.2 Å². The number of H-pyrrole nitrogens is 1. The molecule has 0 radical (unpaired) electrons. The van der Waals surface area contributed by atoms with Crippen LogP contribution in [0.3, 0.4) is 0 Å². The number of ether oxygens (including phenoxy) is 1. The third-order valence-corrected chi connectivity index (χ3v) is 5.51. The lowest BCUT2D eigenvalue weighted by molar-refractivity contribution is 0.122. The Morgan fingerprint density at radius 1 is 1.22 bits per heavy atom. The summed E-state index contributed by atoms with van der Waals surface area (Å²) in [5.41, 5.74) is 1.18. The standard InChI is InChI=1S/C21H26N4O2/c1-2-17-8-9-25(18(17)14-16-6-4-3-5-7-16)21-22-19(15-20(26)23-21)24-10-12-27-13-11-24/h2-7,15,17-18H,1,8-14H2,(H,22,23,26)/t17-,18+/m0/s1. The van der Waals surface area contributed by atoms with Gasteiger partial charge < -0.3 is 14.5 Å². The predicted octanol–water partition coefficient (Wildman–Crippen LogP) is 2.23. The Kier molecular flexibility index (Phi) is 5.25. The van der Waals surface area contributed by atoms with E-state index in [1.165, 1.54) is 5.56 Å². The number of morpholine rings is 1. The van der Waals surface area contributed by atoms with Crippen molar-refractivity contribution in [3.8, 4) is 0 Å². The van der Waals surface area contributed by atoms with Crippen molar-refractivity contribution < 1.29 is 4.74 Å². The van der Waals surface area contributed by atoms with Crippen molar-refractivity contribution >= 4 is 11.8 Å². The van der Waals surface area contributed by atoms with Crippen molar-refractivity contribution in [3.63, 3.8) is 0 Å². The maximum Gasteiger partial charge on any atom is 0.254 e. The lowest BCUT2D eigenvalue weighted by atomic mass is 9.94. The quantitative estimate of drug-likeness (QED) is 0.823. The van der Waals surface area contributed by atoms with Gasteiger partial charge in [0.25, 0.3) is 5.56 Å². The van der Waals surface area contributed by atoms with E-state index >= 15 is 0 Å². The van der Waals surface area contributed by atoms with Crippen molar-refractivity contribution in [2.75, 3.05) is 42.6 Å². The number of aromatic nitrogens is 2. The number of anilines is 2. The molecule has 6 nitrogen and oxygen atoms in total. The Morgan fingerprint density at radius 3 is 2.74 bits per heavy atom. The molecule has 0 aliphatic carbocycles. The first-order valence-corrected chi connectivity index (χ1v) is 9.62. The summed E-state index contributed by atoms with van der Waals surface area (Å²) in [6, 6.07) is 12.3. The molecule has 0 spiro atoms. The molecule has 1 aromatic heterocycles. The second-order valence-electron chi connectivity index (χ2n) is 7.17. The van der Waals surface area contributed by atoms with Gasteiger partial charge in [-0.2, -0.15) is 4.98 Å². The number of nitrogens with zero attached hydrogens (tertiary/aromatic N) is 3. The third kappa shape index (κ3) is 3.90. The highest BCUT2D eigenvalue weighted by molar-refractivity contribution is 5.46. The highest BCUT2D eigenvalue weighted by atomic mass is 16.5. The number of nitrogens with one attached hydrogen (secondary N) is 1. The van der Waals surface area contributed by atoms with Crippen LogP contribution in [0, 0.1) is 5.92 Å². The highest BCUT2D eigenvalue weighted by Crippen LogP contribution is 2.31. The van der Waals surface area contributed by atoms with Gasteiger partial charge in [0.2, 0.25) is 5.95 Å². The van der Waals surface area contributed by atoms with Crippen molar-refractivity contribution in [1.29, 1.82) is 0 Å². The van der Waals surface area contributed by atoms with E-state index < -0.39 is 0 Å². The zero-order chi connectivity index (χ0) is 18.6. The highest BCUT2D eigenvalue weighted by Gasteiger charge is 2.34. The molecule has 0 bridgehead atoms. The molecule has 2 aliphatic heterocycles. The first kappa shape index (κ1) is 17.8. The van der Waals surface area contributed by atoms with Crippen LogP contribution < -0.4 is 15.4 Å². The Labute approximate surface area is 159 Å². The van der Waals surface area contributed by atoms with Gasteiger partial charge in [-0.05, 0) is 24.3 Å². The van der Waals surface area contributed by atoms with Gasteiger partial charge in [0.1, 0.15) is 5.82 Å². The lowest BCUT2D eigenvalue weighted by Crippen LogP contribution is -2.39. The van der Waals surface area contributed by atoms with Crippen LogP contribution >= 0.6 is 0 Å². The van der Waals surface area contributed by atoms with Gasteiger partial charge in [-0.3, -0.25) is 9.78 Å². The Morgan fingerprint density at radius 2 is 2.00 bits per heavy atom. The monoisotopic (exact) mass is 366 g/mol. The van der Waals surface area contributed by atoms with Crippen LogP contribution in [0.1, 0.15) is 12.0 Å². The number of benzene rings is 1. The molecular weight excluding hydrogens is 340 g/mol. The zero-order valence-electron chi connectivity index (χ0n) is 15.5. The summed E-state index contributed by atoms with van der Waals surface area (Å²) in [5.74, 6) is 1.77. The molecule has 2 aromatic rings. The minimum absolute atomic E-state index is 0.109. The maximum atomic E-state index is 12.3. The van der Waals surface area contributed by atoms with E-state index in [1.807, 2.05) is 12.1 Å². The SMILES string of the molecule is C=C[C@H]1CCN(c2nc(N3CCOCC3)cc(=O)[nH]2)[C@@H]1Cc1ccccc1. The van der Waals surface area contributed by atoms with Crippen LogP contribution in [0.5, 0.6) is 0 Å². The summed E-state index contributed by atoms with van der Waals surface area (Å²) in [4.78, 5) is 24.5. The van der Waals surface area contributed by atoms with Crippen LogP contribution in [-0.2, 0) is 11.2 Å². The van der Waals surface area contributed by atoms with Gasteiger partial charge in [-0.1, -0.05) is 36.4 Å². The van der Waals surface area contributed by atoms with Gasteiger partial charge >= 0.3 is 0 Å². The van der Waals surface area contributed by atoms with Crippen molar-refractivity contribution in [2.24, 2.45) is 5.92 Å². The van der Waals surface area contributed by atoms with E-state index in [1.54, 1.807) is 6.07 Å². The number of hydrogen-bond donors (Lipinski definition) is 1. The van der Waals surface area contributed by atoms with Gasteiger partial charge in [0, 0.05) is 31.7 Å². The lowest BCUT2D eigenvalue weighted by Gasteiger charge is -2.31. The molecule has 4 rings (SSSR count). The molecule has 2 atom stereocenters. The average molecular weight is 366 g/mol. The van der Waals surface area contributed by atoms with E-state index in [0.717, 1.165) is 38.3 Å². The van der Waals surface area contributed by atoms with Gasteiger partial charge in [0.15, 0.2) is 0 Å². The van der Waals surface area contributed by atoms with Crippen molar-refractivity contribution in [1.82, 2.24) is 9.97 Å². The predicted molar refractivity (Wildman–Crippen MR) is 107 cm³/mol. The Hall–Kier alpha value is -2.60. The molecule has 0 unspecified atom stereocenters. The first-order valence-electron chi connectivity index (χ1n) is 9.62. The normalized spacial score (nSPS) is 22.8. The molecular formula is C21H26N4O2. The molecule has 2 saturated heterocycles. The summed E-state index contributed by atoms with van der Waals surface area (Å²) in [6.07, 6.45) is 3.97. The van der Waals surface area contributed by atoms with E-state index in [9.17, 15) is 4.79 Å². The zero-order valence-corrected chi connectivity index (χ0v) is 15.5. The van der Waals surface area contributed by atoms with E-state index in [-0.39, 0.29) is 11.6 Å². The largest absolute Gasteiger partial charge is 0.378 e. The Bertz CT molecular complexity index is 830. The van der Waals surface area contributed by atoms with Crippen molar-refractivity contribution in [2.45, 2.75) is 18.9 Å². The average Bonchev–Trinajstić information content (AvgIpc) is 3.11. The minimum Gasteiger partial charge on any atom is -0.378 e. The molecule has 0 saturated carbocycles. The van der Waals surface area contributed by atoms with Crippen molar-refractivity contribution in [3.05, 3.63) is 65.0 Å². The molecule has 2 aliphatic rings. The molecule has 142 valence electrons. The third-order valence-electron chi connectivity index (χ3n) is 5.51. The first-order chi connectivity index (χ1) is 13.2. The summed E-state index contributed by atoms with van der Waals surface area (Å²) in [5, 5.41) is 0. The number of rotatable bonds is 5. The molecule has 1 N–H and O–H groups in total. The molecule has 1 aromatic carbocycles. The summed E-state index contributed by atoms with van der Waals surface area (Å²) >= 11 is 0. The number of hydrogen-bond acceptors (Lipinski definition) is 5. The molecule has 27 heavy (non-hydrogen) atoms. The van der Waals surface area contributed by atoms with E-state index in [0.29, 0.717) is 25.1 Å². The fraction of sp³-hybridized carbons (Fsp3) is 0.429. The summed E-state index contributed by atoms with van der Waals surface area (Å²) in [6.45, 7) is 7.76. The van der Waals surface area contributed by atoms with Gasteiger partial charge in [-0.15, -0.1) is 6.58 Å². The van der Waals surface area contributed by atoms with Crippen LogP contribution in [0.4, 0.5) is 11.8 Å². The second kappa shape index (κ2) is 7.96. The number of aromatic amines is 1. The van der Waals surface area contributed by atoms with Crippen LogP contribution in [0.25, 0.3) is 0 Å². The maximum absolute atomic E-state index is 12.3. The topological polar surface area (TPSA) is 61.5 Å². The summed E-state index contributed by atoms with van der Waals surface area (Å²) < 4.78 is 5.42.